The Kier molecular flexibility index (Phi) is 5.31. The monoisotopic (exact) mass is 308 g/mol. The number of hydrogen-bond donors (Lipinski definition) is 2. The number of nitrogens with two attached hydrogens (primary N) is 1. The lowest BCUT2D eigenvalue weighted by molar-refractivity contribution is -0.111. The van der Waals surface area contributed by atoms with Gasteiger partial charge in [-0.3, -0.25) is 9.59 Å². The molecule has 0 bridgehead atoms. The second kappa shape index (κ2) is 7.40. The molecule has 0 aliphatic carbocycles. The largest absolute Gasteiger partial charge is 0.366 e. The maximum absolute atomic E-state index is 11.9. The number of anilines is 1. The summed E-state index contributed by atoms with van der Waals surface area (Å²) in [6.45, 7) is 4.28. The maximum atomic E-state index is 11.9. The average Bonchev–Trinajstić information content (AvgIpc) is 2.54. The van der Waals surface area contributed by atoms with Crippen molar-refractivity contribution in [3.8, 4) is 0 Å². The third-order valence-electron chi connectivity index (χ3n) is 3.47. The van der Waals surface area contributed by atoms with Gasteiger partial charge in [-0.05, 0) is 47.4 Å². The average molecular weight is 308 g/mol. The van der Waals surface area contributed by atoms with Gasteiger partial charge in [-0.25, -0.2) is 0 Å². The Morgan fingerprint density at radius 2 is 1.61 bits per heavy atom. The van der Waals surface area contributed by atoms with Gasteiger partial charge in [0.15, 0.2) is 0 Å². The van der Waals surface area contributed by atoms with Gasteiger partial charge in [-0.1, -0.05) is 38.1 Å². The van der Waals surface area contributed by atoms with Crippen LogP contribution in [0.4, 0.5) is 5.69 Å². The summed E-state index contributed by atoms with van der Waals surface area (Å²) in [4.78, 5) is 22.9. The number of carbonyl (C=O) groups excluding carboxylic acids is 2. The molecule has 0 aliphatic heterocycles. The first-order valence-corrected chi connectivity index (χ1v) is 7.44. The zero-order chi connectivity index (χ0) is 16.8. The van der Waals surface area contributed by atoms with Crippen molar-refractivity contribution in [2.24, 2.45) is 5.73 Å². The van der Waals surface area contributed by atoms with Gasteiger partial charge in [0, 0.05) is 17.3 Å². The third kappa shape index (κ3) is 4.81. The fraction of sp³-hybridized carbons (Fsp3) is 0.158. The number of primary amides is 1. The van der Waals surface area contributed by atoms with Crippen LogP contribution in [-0.2, 0) is 4.79 Å². The molecular formula is C19H20N2O2. The Labute approximate surface area is 136 Å². The molecule has 2 rings (SSSR count). The van der Waals surface area contributed by atoms with Crippen LogP contribution in [0.3, 0.4) is 0 Å². The molecule has 0 aliphatic rings. The molecule has 0 saturated carbocycles. The highest BCUT2D eigenvalue weighted by molar-refractivity contribution is 6.02. The first-order chi connectivity index (χ1) is 11.0. The van der Waals surface area contributed by atoms with Crippen molar-refractivity contribution in [3.05, 3.63) is 71.3 Å². The van der Waals surface area contributed by atoms with Gasteiger partial charge in [-0.2, -0.15) is 0 Å². The van der Waals surface area contributed by atoms with E-state index in [0.717, 1.165) is 5.56 Å². The predicted octanol–water partition coefficient (Wildman–Crippen LogP) is 3.56. The molecule has 0 heterocycles. The Morgan fingerprint density at radius 1 is 1.00 bits per heavy atom. The normalized spacial score (nSPS) is 10.9. The number of nitrogens with one attached hydrogen (secondary N) is 1. The number of hydrogen-bond acceptors (Lipinski definition) is 2. The summed E-state index contributed by atoms with van der Waals surface area (Å²) >= 11 is 0. The van der Waals surface area contributed by atoms with Crippen molar-refractivity contribution in [3.63, 3.8) is 0 Å². The van der Waals surface area contributed by atoms with Crippen molar-refractivity contribution < 1.29 is 9.59 Å². The molecule has 2 aromatic rings. The first-order valence-electron chi connectivity index (χ1n) is 7.44. The summed E-state index contributed by atoms with van der Waals surface area (Å²) in [6, 6.07) is 14.5. The summed E-state index contributed by atoms with van der Waals surface area (Å²) < 4.78 is 0. The van der Waals surface area contributed by atoms with E-state index in [9.17, 15) is 9.59 Å². The Bertz CT molecular complexity index is 714. The lowest BCUT2D eigenvalue weighted by Gasteiger charge is -2.05. The van der Waals surface area contributed by atoms with Crippen molar-refractivity contribution in [2.45, 2.75) is 19.8 Å². The van der Waals surface area contributed by atoms with Gasteiger partial charge in [0.25, 0.3) is 0 Å². The summed E-state index contributed by atoms with van der Waals surface area (Å²) in [5.41, 5.74) is 8.42. The van der Waals surface area contributed by atoms with Crippen LogP contribution < -0.4 is 11.1 Å². The highest BCUT2D eigenvalue weighted by Crippen LogP contribution is 2.15. The van der Waals surface area contributed by atoms with E-state index in [1.165, 1.54) is 11.6 Å². The molecule has 0 radical (unpaired) electrons. The first kappa shape index (κ1) is 16.5. The molecule has 0 aromatic heterocycles. The van der Waals surface area contributed by atoms with Gasteiger partial charge in [-0.15, -0.1) is 0 Å². The molecule has 0 saturated heterocycles. The van der Waals surface area contributed by atoms with E-state index in [-0.39, 0.29) is 5.91 Å². The lowest BCUT2D eigenvalue weighted by atomic mass is 10.0. The van der Waals surface area contributed by atoms with Crippen molar-refractivity contribution >= 4 is 23.6 Å². The van der Waals surface area contributed by atoms with Gasteiger partial charge in [0.05, 0.1) is 0 Å². The number of benzene rings is 2. The van der Waals surface area contributed by atoms with Crippen molar-refractivity contribution in [1.82, 2.24) is 0 Å². The zero-order valence-corrected chi connectivity index (χ0v) is 13.2. The van der Waals surface area contributed by atoms with Crippen LogP contribution in [-0.4, -0.2) is 11.8 Å². The van der Waals surface area contributed by atoms with Crippen molar-refractivity contribution in [2.75, 3.05) is 5.32 Å². The molecular weight excluding hydrogens is 288 g/mol. The summed E-state index contributed by atoms with van der Waals surface area (Å²) in [6.07, 6.45) is 3.24. The molecule has 0 spiro atoms. The van der Waals surface area contributed by atoms with Crippen LogP contribution >= 0.6 is 0 Å². The van der Waals surface area contributed by atoms with Crippen LogP contribution in [0.25, 0.3) is 6.08 Å². The maximum Gasteiger partial charge on any atom is 0.248 e. The van der Waals surface area contributed by atoms with E-state index in [0.29, 0.717) is 17.2 Å². The van der Waals surface area contributed by atoms with Crippen LogP contribution in [0.2, 0.25) is 0 Å². The molecule has 3 N–H and O–H groups in total. The lowest BCUT2D eigenvalue weighted by Crippen LogP contribution is -2.11. The molecule has 2 amide bonds. The molecule has 0 atom stereocenters. The van der Waals surface area contributed by atoms with Gasteiger partial charge >= 0.3 is 0 Å². The van der Waals surface area contributed by atoms with Gasteiger partial charge in [0.2, 0.25) is 11.8 Å². The van der Waals surface area contributed by atoms with Gasteiger partial charge < -0.3 is 11.1 Å². The molecule has 2 aromatic carbocycles. The van der Waals surface area contributed by atoms with Crippen LogP contribution in [0, 0.1) is 0 Å². The quantitative estimate of drug-likeness (QED) is 0.829. The highest BCUT2D eigenvalue weighted by atomic mass is 16.1. The Morgan fingerprint density at radius 3 is 2.13 bits per heavy atom. The number of carbonyl (C=O) groups is 2. The molecule has 118 valence electrons. The Hall–Kier alpha value is -2.88. The third-order valence-corrected chi connectivity index (χ3v) is 3.47. The minimum Gasteiger partial charge on any atom is -0.366 e. The highest BCUT2D eigenvalue weighted by Gasteiger charge is 2.02. The predicted molar refractivity (Wildman–Crippen MR) is 93.2 cm³/mol. The summed E-state index contributed by atoms with van der Waals surface area (Å²) in [7, 11) is 0. The molecule has 23 heavy (non-hydrogen) atoms. The molecule has 4 heteroatoms. The molecule has 0 unspecified atom stereocenters. The Balaban J connectivity index is 1.97. The van der Waals surface area contributed by atoms with E-state index in [4.69, 9.17) is 5.73 Å². The van der Waals surface area contributed by atoms with Crippen LogP contribution in [0.5, 0.6) is 0 Å². The van der Waals surface area contributed by atoms with E-state index in [2.05, 4.69) is 31.3 Å². The van der Waals surface area contributed by atoms with Crippen LogP contribution in [0.1, 0.15) is 41.3 Å². The summed E-state index contributed by atoms with van der Waals surface area (Å²) in [5, 5.41) is 2.73. The number of rotatable bonds is 5. The number of amides is 2. The van der Waals surface area contributed by atoms with E-state index < -0.39 is 5.91 Å². The zero-order valence-electron chi connectivity index (χ0n) is 13.2. The minimum absolute atomic E-state index is 0.232. The van der Waals surface area contributed by atoms with Crippen LogP contribution in [0.15, 0.2) is 54.6 Å². The van der Waals surface area contributed by atoms with Gasteiger partial charge in [0.1, 0.15) is 0 Å². The topological polar surface area (TPSA) is 72.2 Å². The summed E-state index contributed by atoms with van der Waals surface area (Å²) in [5.74, 6) is -0.239. The minimum atomic E-state index is -0.493. The van der Waals surface area contributed by atoms with Crippen molar-refractivity contribution in [1.29, 1.82) is 0 Å². The fourth-order valence-electron chi connectivity index (χ4n) is 2.07. The second-order valence-corrected chi connectivity index (χ2v) is 5.59. The van der Waals surface area contributed by atoms with E-state index in [1.807, 2.05) is 12.1 Å². The fourth-order valence-corrected chi connectivity index (χ4v) is 2.07. The standard InChI is InChI=1S/C19H20N2O2/c1-13(2)15-6-3-14(4-7-15)5-12-18(22)21-17-10-8-16(9-11-17)19(20)23/h3-13H,1-2H3,(H2,20,23)(H,21,22)/b12-5+. The molecule has 4 nitrogen and oxygen atoms in total. The smallest absolute Gasteiger partial charge is 0.248 e. The van der Waals surface area contributed by atoms with E-state index in [1.54, 1.807) is 30.3 Å². The SMILES string of the molecule is CC(C)c1ccc(/C=C/C(=O)Nc2ccc(C(N)=O)cc2)cc1. The second-order valence-electron chi connectivity index (χ2n) is 5.59. The van der Waals surface area contributed by atoms with E-state index >= 15 is 0 Å². The molecule has 0 fully saturated rings.